The summed E-state index contributed by atoms with van der Waals surface area (Å²) in [6.07, 6.45) is 0. The number of nitrogens with zero attached hydrogens (tertiary/aromatic N) is 2. The third-order valence-electron chi connectivity index (χ3n) is 3.95. The molecule has 5 heteroatoms. The van der Waals surface area contributed by atoms with Crippen molar-refractivity contribution in [1.82, 2.24) is 15.2 Å². The van der Waals surface area contributed by atoms with Gasteiger partial charge in [0.2, 0.25) is 0 Å². The highest BCUT2D eigenvalue weighted by Gasteiger charge is 2.23. The average Bonchev–Trinajstić information content (AvgIpc) is 2.98. The summed E-state index contributed by atoms with van der Waals surface area (Å²) in [7, 11) is 0. The predicted octanol–water partition coefficient (Wildman–Crippen LogP) is 4.46. The van der Waals surface area contributed by atoms with Crippen molar-refractivity contribution >= 4 is 39.8 Å². The van der Waals surface area contributed by atoms with Crippen molar-refractivity contribution in [3.8, 4) is 0 Å². The van der Waals surface area contributed by atoms with Crippen LogP contribution in [0, 0.1) is 6.92 Å². The van der Waals surface area contributed by atoms with Crippen molar-refractivity contribution in [2.45, 2.75) is 26.3 Å². The van der Waals surface area contributed by atoms with Crippen LogP contribution < -0.4 is 5.32 Å². The number of pyridine rings is 1. The van der Waals surface area contributed by atoms with Gasteiger partial charge < -0.3 is 5.32 Å². The van der Waals surface area contributed by atoms with Crippen molar-refractivity contribution in [3.63, 3.8) is 0 Å². The third-order valence-corrected chi connectivity index (χ3v) is 5.29. The lowest BCUT2D eigenvalue weighted by molar-refractivity contribution is 0.272. The van der Waals surface area contributed by atoms with Crippen LogP contribution in [0.3, 0.4) is 0 Å². The first-order chi connectivity index (χ1) is 10.6. The van der Waals surface area contributed by atoms with Gasteiger partial charge in [-0.1, -0.05) is 61.0 Å². The maximum Gasteiger partial charge on any atom is 0.137 e. The number of aryl methyl sites for hydroxylation is 1. The normalized spacial score (nSPS) is 17.9. The smallest absolute Gasteiger partial charge is 0.137 e. The van der Waals surface area contributed by atoms with Gasteiger partial charge >= 0.3 is 0 Å². The minimum atomic E-state index is 0.277. The molecule has 1 aliphatic heterocycles. The van der Waals surface area contributed by atoms with E-state index in [1.54, 1.807) is 11.8 Å². The van der Waals surface area contributed by atoms with Crippen molar-refractivity contribution < 1.29 is 0 Å². The van der Waals surface area contributed by atoms with Crippen molar-refractivity contribution in [1.29, 1.82) is 0 Å². The van der Waals surface area contributed by atoms with E-state index in [1.165, 1.54) is 5.56 Å². The average molecular weight is 334 g/mol. The van der Waals surface area contributed by atoms with Crippen LogP contribution >= 0.6 is 23.4 Å². The van der Waals surface area contributed by atoms with E-state index in [2.05, 4.69) is 59.6 Å². The molecule has 22 heavy (non-hydrogen) atoms. The molecule has 0 radical (unpaired) electrons. The van der Waals surface area contributed by atoms with Crippen LogP contribution in [-0.2, 0) is 0 Å². The molecule has 116 valence electrons. The molecule has 0 fully saturated rings. The Labute approximate surface area is 140 Å². The Morgan fingerprint density at radius 3 is 2.77 bits per heavy atom. The Hall–Kier alpha value is -1.23. The maximum absolute atomic E-state index is 6.36. The highest BCUT2D eigenvalue weighted by atomic mass is 35.5. The number of halogens is 1. The monoisotopic (exact) mass is 333 g/mol. The fourth-order valence-corrected chi connectivity index (χ4v) is 4.06. The van der Waals surface area contributed by atoms with Crippen molar-refractivity contribution in [3.05, 3.63) is 46.1 Å². The number of rotatable bonds is 4. The van der Waals surface area contributed by atoms with Crippen LogP contribution in [0.5, 0.6) is 0 Å². The summed E-state index contributed by atoms with van der Waals surface area (Å²) in [6, 6.07) is 8.36. The fourth-order valence-electron chi connectivity index (χ4n) is 2.67. The number of nitrogens with one attached hydrogen (secondary N) is 1. The number of benzene rings is 1. The molecule has 1 aromatic carbocycles. The summed E-state index contributed by atoms with van der Waals surface area (Å²) in [5.41, 5.74) is 3.46. The zero-order valence-electron chi connectivity index (χ0n) is 13.1. The van der Waals surface area contributed by atoms with E-state index in [1.807, 2.05) is 6.07 Å². The molecular weight excluding hydrogens is 314 g/mol. The molecule has 0 amide bonds. The standard InChI is InChI=1S/C17H20ClN3S/c1-4-21(5-2)17-20-15(10-22-17)14-9-12-8-11(3)6-7-13(12)16(18)19-14/h6-10,17,20H,4-5H2,1-3H3. The van der Waals surface area contributed by atoms with Gasteiger partial charge in [0.1, 0.15) is 10.7 Å². The molecule has 0 spiro atoms. The molecule has 1 atom stereocenters. The number of hydrogen-bond donors (Lipinski definition) is 1. The van der Waals surface area contributed by atoms with Crippen molar-refractivity contribution in [2.24, 2.45) is 0 Å². The van der Waals surface area contributed by atoms with E-state index in [0.29, 0.717) is 5.15 Å². The summed E-state index contributed by atoms with van der Waals surface area (Å²) in [5, 5.41) is 8.38. The molecule has 0 saturated heterocycles. The number of hydrogen-bond acceptors (Lipinski definition) is 4. The van der Waals surface area contributed by atoms with Crippen LogP contribution in [-0.4, -0.2) is 28.5 Å². The summed E-state index contributed by atoms with van der Waals surface area (Å²) in [5.74, 6) is 0. The summed E-state index contributed by atoms with van der Waals surface area (Å²) in [4.78, 5) is 6.94. The van der Waals surface area contributed by atoms with Gasteiger partial charge in [0.05, 0.1) is 11.4 Å². The van der Waals surface area contributed by atoms with E-state index in [-0.39, 0.29) is 5.50 Å². The predicted molar refractivity (Wildman–Crippen MR) is 96.9 cm³/mol. The largest absolute Gasteiger partial charge is 0.359 e. The van der Waals surface area contributed by atoms with Crippen molar-refractivity contribution in [2.75, 3.05) is 13.1 Å². The highest BCUT2D eigenvalue weighted by Crippen LogP contribution is 2.31. The van der Waals surface area contributed by atoms with E-state index in [4.69, 9.17) is 11.6 Å². The van der Waals surface area contributed by atoms with Gasteiger partial charge in [0.15, 0.2) is 0 Å². The molecule has 1 unspecified atom stereocenters. The van der Waals surface area contributed by atoms with Gasteiger partial charge in [-0.25, -0.2) is 4.98 Å². The topological polar surface area (TPSA) is 28.2 Å². The Kier molecular flexibility index (Phi) is 4.62. The Bertz CT molecular complexity index is 725. The number of aromatic nitrogens is 1. The Morgan fingerprint density at radius 1 is 1.27 bits per heavy atom. The molecule has 0 aliphatic carbocycles. The molecule has 2 heterocycles. The van der Waals surface area contributed by atoms with Crippen LogP contribution in [0.2, 0.25) is 5.15 Å². The number of thioether (sulfide) groups is 1. The zero-order chi connectivity index (χ0) is 15.7. The lowest BCUT2D eigenvalue weighted by Gasteiger charge is -2.26. The van der Waals surface area contributed by atoms with Crippen LogP contribution in [0.15, 0.2) is 29.7 Å². The van der Waals surface area contributed by atoms with Gasteiger partial charge in [-0.05, 0) is 36.9 Å². The van der Waals surface area contributed by atoms with Gasteiger partial charge in [0.25, 0.3) is 0 Å². The molecule has 3 rings (SSSR count). The van der Waals surface area contributed by atoms with E-state index in [0.717, 1.165) is 35.3 Å². The van der Waals surface area contributed by atoms with E-state index < -0.39 is 0 Å². The van der Waals surface area contributed by atoms with E-state index in [9.17, 15) is 0 Å². The van der Waals surface area contributed by atoms with Gasteiger partial charge in [-0.15, -0.1) is 0 Å². The SMILES string of the molecule is CCN(CC)C1NC(c2cc3cc(C)ccc3c(Cl)n2)=CS1. The quantitative estimate of drug-likeness (QED) is 0.836. The maximum atomic E-state index is 6.36. The summed E-state index contributed by atoms with van der Waals surface area (Å²) < 4.78 is 0. The molecule has 1 aromatic heterocycles. The van der Waals surface area contributed by atoms with Crippen LogP contribution in [0.1, 0.15) is 25.1 Å². The van der Waals surface area contributed by atoms with Gasteiger partial charge in [0, 0.05) is 5.39 Å². The molecule has 1 aliphatic rings. The highest BCUT2D eigenvalue weighted by molar-refractivity contribution is 8.03. The van der Waals surface area contributed by atoms with E-state index >= 15 is 0 Å². The molecular formula is C17H20ClN3S. The van der Waals surface area contributed by atoms with Crippen LogP contribution in [0.4, 0.5) is 0 Å². The summed E-state index contributed by atoms with van der Waals surface area (Å²) in [6.45, 7) is 8.49. The lowest BCUT2D eigenvalue weighted by Crippen LogP contribution is -2.39. The number of fused-ring (bicyclic) bond motifs is 1. The first-order valence-corrected chi connectivity index (χ1v) is 8.88. The molecule has 3 nitrogen and oxygen atoms in total. The molecule has 2 aromatic rings. The minimum Gasteiger partial charge on any atom is -0.359 e. The first kappa shape index (κ1) is 15.7. The zero-order valence-corrected chi connectivity index (χ0v) is 14.6. The van der Waals surface area contributed by atoms with Gasteiger partial charge in [-0.2, -0.15) is 0 Å². The Morgan fingerprint density at radius 2 is 2.05 bits per heavy atom. The Balaban J connectivity index is 1.91. The molecule has 1 N–H and O–H groups in total. The second-order valence-corrected chi connectivity index (χ2v) is 6.72. The van der Waals surface area contributed by atoms with Crippen LogP contribution in [0.25, 0.3) is 16.5 Å². The fraction of sp³-hybridized carbons (Fsp3) is 0.353. The lowest BCUT2D eigenvalue weighted by atomic mass is 10.1. The second-order valence-electron chi connectivity index (χ2n) is 5.41. The minimum absolute atomic E-state index is 0.277. The second kappa shape index (κ2) is 6.49. The van der Waals surface area contributed by atoms with Gasteiger partial charge in [-0.3, -0.25) is 4.90 Å². The first-order valence-electron chi connectivity index (χ1n) is 7.56. The molecule has 0 bridgehead atoms. The third kappa shape index (κ3) is 2.96. The molecule has 0 saturated carbocycles. The summed E-state index contributed by atoms with van der Waals surface area (Å²) >= 11 is 8.15.